The van der Waals surface area contributed by atoms with Gasteiger partial charge in [-0.2, -0.15) is 5.10 Å². The Labute approximate surface area is 194 Å². The maximum absolute atomic E-state index is 13.2. The molecule has 3 aromatic rings. The number of aryl methyl sites for hydroxylation is 2. The summed E-state index contributed by atoms with van der Waals surface area (Å²) in [6, 6.07) is 11.6. The minimum atomic E-state index is 0.0411. The Bertz CT molecular complexity index is 1050. The van der Waals surface area contributed by atoms with Crippen LogP contribution in [-0.2, 0) is 29.2 Å². The molecule has 8 heteroatoms. The molecule has 0 N–H and O–H groups in total. The largest absolute Gasteiger partial charge is 0.493 e. The molecular weight excluding hydrogens is 420 g/mol. The fourth-order valence-electron chi connectivity index (χ4n) is 3.81. The molecule has 33 heavy (non-hydrogen) atoms. The quantitative estimate of drug-likeness (QED) is 0.471. The molecule has 0 saturated carbocycles. The summed E-state index contributed by atoms with van der Waals surface area (Å²) in [7, 11) is 1.63. The summed E-state index contributed by atoms with van der Waals surface area (Å²) in [6.45, 7) is 4.71. The number of carbonyl (C=O) groups excluding carboxylic acids is 1. The molecule has 1 aliphatic heterocycles. The number of benzene rings is 1. The van der Waals surface area contributed by atoms with Crippen molar-refractivity contribution in [2.45, 2.75) is 45.5 Å². The first kappa shape index (κ1) is 22.8. The average Bonchev–Trinajstić information content (AvgIpc) is 3.50. The molecule has 1 amide bonds. The van der Waals surface area contributed by atoms with Gasteiger partial charge in [0.25, 0.3) is 0 Å². The summed E-state index contributed by atoms with van der Waals surface area (Å²) >= 11 is 0. The minimum absolute atomic E-state index is 0.0411. The van der Waals surface area contributed by atoms with Crippen molar-refractivity contribution in [1.29, 1.82) is 0 Å². The first-order valence-corrected chi connectivity index (χ1v) is 11.2. The van der Waals surface area contributed by atoms with Crippen molar-refractivity contribution in [3.63, 3.8) is 0 Å². The van der Waals surface area contributed by atoms with Crippen molar-refractivity contribution in [1.82, 2.24) is 19.7 Å². The van der Waals surface area contributed by atoms with Crippen molar-refractivity contribution in [3.05, 3.63) is 71.8 Å². The van der Waals surface area contributed by atoms with E-state index in [1.165, 1.54) is 0 Å². The molecule has 0 aliphatic carbocycles. The number of ether oxygens (including phenoxy) is 3. The van der Waals surface area contributed by atoms with Gasteiger partial charge in [0.05, 0.1) is 26.0 Å². The summed E-state index contributed by atoms with van der Waals surface area (Å²) in [5.74, 6) is 1.39. The highest BCUT2D eigenvalue weighted by atomic mass is 16.6. The predicted octanol–water partition coefficient (Wildman–Crippen LogP) is 3.38. The molecule has 4 rings (SSSR count). The van der Waals surface area contributed by atoms with Crippen molar-refractivity contribution in [3.8, 4) is 11.5 Å². The lowest BCUT2D eigenvalue weighted by atomic mass is 10.1. The van der Waals surface area contributed by atoms with Gasteiger partial charge in [0.1, 0.15) is 6.10 Å². The van der Waals surface area contributed by atoms with E-state index in [0.29, 0.717) is 50.8 Å². The van der Waals surface area contributed by atoms with E-state index in [1.54, 1.807) is 24.2 Å². The topological polar surface area (TPSA) is 78.7 Å². The Balaban J connectivity index is 1.47. The van der Waals surface area contributed by atoms with Crippen LogP contribution in [0.5, 0.6) is 11.5 Å². The van der Waals surface area contributed by atoms with E-state index in [2.05, 4.69) is 10.1 Å². The average molecular weight is 451 g/mol. The summed E-state index contributed by atoms with van der Waals surface area (Å²) in [5.41, 5.74) is 2.89. The van der Waals surface area contributed by atoms with Crippen LogP contribution < -0.4 is 9.47 Å². The third kappa shape index (κ3) is 6.32. The van der Waals surface area contributed by atoms with Crippen LogP contribution in [-0.4, -0.2) is 52.0 Å². The Kier molecular flexibility index (Phi) is 7.57. The van der Waals surface area contributed by atoms with Crippen LogP contribution >= 0.6 is 0 Å². The number of amides is 1. The van der Waals surface area contributed by atoms with Crippen LogP contribution in [0.15, 0.2) is 55.0 Å². The molecule has 0 spiro atoms. The van der Waals surface area contributed by atoms with Crippen LogP contribution in [0.3, 0.4) is 0 Å². The molecule has 8 nitrogen and oxygen atoms in total. The third-order valence-electron chi connectivity index (χ3n) is 5.56. The first-order chi connectivity index (χ1) is 16.1. The summed E-state index contributed by atoms with van der Waals surface area (Å²) < 4.78 is 18.8. The molecule has 1 unspecified atom stereocenters. The zero-order chi connectivity index (χ0) is 23.0. The van der Waals surface area contributed by atoms with Gasteiger partial charge >= 0.3 is 0 Å². The SMILES string of the molecule is COc1cc(CN(Cc2cccnc2)C(=O)CCn2ccc(C)n2)ccc1OC1CCOC1. The van der Waals surface area contributed by atoms with E-state index in [1.807, 2.05) is 54.4 Å². The van der Waals surface area contributed by atoms with Crippen LogP contribution in [0.2, 0.25) is 0 Å². The minimum Gasteiger partial charge on any atom is -0.493 e. The molecule has 1 fully saturated rings. The highest BCUT2D eigenvalue weighted by Crippen LogP contribution is 2.31. The Morgan fingerprint density at radius 3 is 2.79 bits per heavy atom. The van der Waals surface area contributed by atoms with Gasteiger partial charge in [-0.1, -0.05) is 12.1 Å². The monoisotopic (exact) mass is 450 g/mol. The van der Waals surface area contributed by atoms with E-state index in [9.17, 15) is 4.79 Å². The fourth-order valence-corrected chi connectivity index (χ4v) is 3.81. The van der Waals surface area contributed by atoms with Crippen molar-refractivity contribution < 1.29 is 19.0 Å². The number of pyridine rings is 1. The molecule has 1 aliphatic rings. The van der Waals surface area contributed by atoms with Gasteiger partial charge in [0.15, 0.2) is 11.5 Å². The molecule has 2 aromatic heterocycles. The number of hydrogen-bond donors (Lipinski definition) is 0. The number of aromatic nitrogens is 3. The normalized spacial score (nSPS) is 15.4. The van der Waals surface area contributed by atoms with E-state index in [0.717, 1.165) is 23.2 Å². The Morgan fingerprint density at radius 2 is 2.09 bits per heavy atom. The van der Waals surface area contributed by atoms with Crippen LogP contribution in [0.25, 0.3) is 0 Å². The molecule has 1 atom stereocenters. The molecule has 174 valence electrons. The fraction of sp³-hybridized carbons (Fsp3) is 0.400. The summed E-state index contributed by atoms with van der Waals surface area (Å²) in [5, 5.41) is 4.38. The van der Waals surface area contributed by atoms with Gasteiger partial charge in [-0.15, -0.1) is 0 Å². The van der Waals surface area contributed by atoms with E-state index < -0.39 is 0 Å². The molecule has 3 heterocycles. The predicted molar refractivity (Wildman–Crippen MR) is 123 cm³/mol. The second kappa shape index (κ2) is 11.0. The summed E-state index contributed by atoms with van der Waals surface area (Å²) in [4.78, 5) is 19.2. The lowest BCUT2D eigenvalue weighted by Gasteiger charge is -2.24. The van der Waals surface area contributed by atoms with Crippen molar-refractivity contribution in [2.75, 3.05) is 20.3 Å². The molecule has 1 saturated heterocycles. The number of rotatable bonds is 10. The molecule has 0 radical (unpaired) electrons. The molecule has 0 bridgehead atoms. The van der Waals surface area contributed by atoms with Gasteiger partial charge in [-0.25, -0.2) is 0 Å². The van der Waals surface area contributed by atoms with Crippen molar-refractivity contribution >= 4 is 5.91 Å². The molecule has 1 aromatic carbocycles. The zero-order valence-electron chi connectivity index (χ0n) is 19.1. The highest BCUT2D eigenvalue weighted by Gasteiger charge is 2.20. The van der Waals surface area contributed by atoms with Crippen LogP contribution in [0, 0.1) is 6.92 Å². The maximum Gasteiger partial charge on any atom is 0.225 e. The molecular formula is C25H30N4O4. The lowest BCUT2D eigenvalue weighted by Crippen LogP contribution is -2.31. The van der Waals surface area contributed by atoms with Gasteiger partial charge in [-0.05, 0) is 42.3 Å². The number of hydrogen-bond acceptors (Lipinski definition) is 6. The van der Waals surface area contributed by atoms with Gasteiger partial charge in [-0.3, -0.25) is 14.5 Å². The second-order valence-corrected chi connectivity index (χ2v) is 8.17. The van der Waals surface area contributed by atoms with Gasteiger partial charge in [0.2, 0.25) is 5.91 Å². The van der Waals surface area contributed by atoms with Gasteiger partial charge in [0, 0.05) is 51.1 Å². The van der Waals surface area contributed by atoms with E-state index in [-0.39, 0.29) is 12.0 Å². The standard InChI is InChI=1S/C25H30N4O4/c1-19-7-11-29(27-19)12-8-25(30)28(17-21-4-3-10-26-15-21)16-20-5-6-23(24(14-20)31-2)33-22-9-13-32-18-22/h3-7,10-11,14-15,22H,8-9,12-13,16-18H2,1-2H3. The highest BCUT2D eigenvalue weighted by molar-refractivity contribution is 5.76. The van der Waals surface area contributed by atoms with Crippen LogP contribution in [0.4, 0.5) is 0 Å². The Hall–Kier alpha value is -3.39. The lowest BCUT2D eigenvalue weighted by molar-refractivity contribution is -0.132. The second-order valence-electron chi connectivity index (χ2n) is 8.17. The first-order valence-electron chi connectivity index (χ1n) is 11.2. The van der Waals surface area contributed by atoms with E-state index in [4.69, 9.17) is 14.2 Å². The summed E-state index contributed by atoms with van der Waals surface area (Å²) in [6.07, 6.45) is 6.69. The van der Waals surface area contributed by atoms with Crippen molar-refractivity contribution in [2.24, 2.45) is 0 Å². The maximum atomic E-state index is 13.2. The number of methoxy groups -OCH3 is 1. The number of nitrogens with zero attached hydrogens (tertiary/aromatic N) is 4. The van der Waals surface area contributed by atoms with E-state index >= 15 is 0 Å². The number of carbonyl (C=O) groups is 1. The smallest absolute Gasteiger partial charge is 0.225 e. The van der Waals surface area contributed by atoms with Crippen LogP contribution in [0.1, 0.15) is 29.7 Å². The third-order valence-corrected chi connectivity index (χ3v) is 5.56. The van der Waals surface area contributed by atoms with Gasteiger partial charge < -0.3 is 19.1 Å². The Morgan fingerprint density at radius 1 is 1.21 bits per heavy atom. The zero-order valence-corrected chi connectivity index (χ0v) is 19.1.